The third-order valence-electron chi connectivity index (χ3n) is 2.76. The molecule has 0 radical (unpaired) electrons. The van der Waals surface area contributed by atoms with E-state index in [1.54, 1.807) is 14.1 Å². The first-order valence-electron chi connectivity index (χ1n) is 6.59. The first-order valence-corrected chi connectivity index (χ1v) is 8.46. The molecule has 0 aliphatic heterocycles. The van der Waals surface area contributed by atoms with E-state index in [1.807, 2.05) is 0 Å². The fraction of sp³-hybridized carbons (Fsp3) is 0.429. The average Bonchev–Trinajstić information content (AvgIpc) is 2.41. The Balaban J connectivity index is 2.38. The molecular weight excluding hydrogens is 331 g/mol. The van der Waals surface area contributed by atoms with Crippen LogP contribution in [-0.2, 0) is 20.4 Å². The average molecular weight is 349 g/mol. The molecule has 0 spiro atoms. The van der Waals surface area contributed by atoms with Gasteiger partial charge in [-0.3, -0.25) is 13.8 Å². The Morgan fingerprint density at radius 2 is 2.05 bits per heavy atom. The number of benzene rings is 1. The molecule has 8 heteroatoms. The predicted octanol–water partition coefficient (Wildman–Crippen LogP) is 2.03. The molecule has 1 rings (SSSR count). The van der Waals surface area contributed by atoms with E-state index in [4.69, 9.17) is 11.6 Å². The summed E-state index contributed by atoms with van der Waals surface area (Å²) in [5, 5.41) is 2.56. The van der Waals surface area contributed by atoms with E-state index in [2.05, 4.69) is 5.32 Å². The van der Waals surface area contributed by atoms with Crippen LogP contribution >= 0.6 is 11.6 Å². The highest BCUT2D eigenvalue weighted by atomic mass is 35.5. The second-order valence-corrected chi connectivity index (χ2v) is 6.84. The van der Waals surface area contributed by atoms with E-state index < -0.39 is 22.5 Å². The quantitative estimate of drug-likeness (QED) is 0.820. The second kappa shape index (κ2) is 8.85. The van der Waals surface area contributed by atoms with Gasteiger partial charge in [0, 0.05) is 37.1 Å². The van der Waals surface area contributed by atoms with Crippen molar-refractivity contribution >= 4 is 39.9 Å². The lowest BCUT2D eigenvalue weighted by molar-refractivity contribution is -0.128. The van der Waals surface area contributed by atoms with Gasteiger partial charge in [-0.25, -0.2) is 4.39 Å². The van der Waals surface area contributed by atoms with Crippen LogP contribution in [0.15, 0.2) is 18.2 Å². The van der Waals surface area contributed by atoms with E-state index in [0.29, 0.717) is 12.8 Å². The molecule has 0 aromatic heterocycles. The first kappa shape index (κ1) is 18.6. The van der Waals surface area contributed by atoms with Gasteiger partial charge in [0.25, 0.3) is 0 Å². The highest BCUT2D eigenvalue weighted by Crippen LogP contribution is 2.22. The van der Waals surface area contributed by atoms with Gasteiger partial charge in [-0.15, -0.1) is 0 Å². The number of halogens is 2. The fourth-order valence-electron chi connectivity index (χ4n) is 1.60. The summed E-state index contributed by atoms with van der Waals surface area (Å²) in [6, 6.07) is 3.60. The molecule has 0 saturated carbocycles. The Kier molecular flexibility index (Phi) is 7.47. The minimum Gasteiger partial charge on any atom is -0.349 e. The van der Waals surface area contributed by atoms with Crippen LogP contribution in [0.5, 0.6) is 0 Å². The molecule has 0 unspecified atom stereocenters. The molecule has 0 bridgehead atoms. The fourth-order valence-corrected chi connectivity index (χ4v) is 2.79. The highest BCUT2D eigenvalue weighted by molar-refractivity contribution is 7.85. The van der Waals surface area contributed by atoms with Crippen molar-refractivity contribution in [3.63, 3.8) is 0 Å². The van der Waals surface area contributed by atoms with Crippen LogP contribution in [-0.4, -0.2) is 46.5 Å². The molecule has 122 valence electrons. The SMILES string of the molecule is CN(C)C(=O)CCC[S@](=O)CC(=O)Nc1ccc(F)cc1Cl. The van der Waals surface area contributed by atoms with Gasteiger partial charge in [-0.05, 0) is 24.6 Å². The monoisotopic (exact) mass is 348 g/mol. The molecule has 1 atom stereocenters. The van der Waals surface area contributed by atoms with Crippen LogP contribution in [0, 0.1) is 5.82 Å². The van der Waals surface area contributed by atoms with Gasteiger partial charge in [0.1, 0.15) is 11.6 Å². The Labute approximate surface area is 136 Å². The van der Waals surface area contributed by atoms with Crippen molar-refractivity contribution in [3.8, 4) is 0 Å². The van der Waals surface area contributed by atoms with Crippen LogP contribution in [0.4, 0.5) is 10.1 Å². The molecular formula is C14H18ClFN2O3S. The summed E-state index contributed by atoms with van der Waals surface area (Å²) in [7, 11) is 1.94. The summed E-state index contributed by atoms with van der Waals surface area (Å²) in [5.41, 5.74) is 0.271. The zero-order valence-corrected chi connectivity index (χ0v) is 14.0. The Hall–Kier alpha value is -1.47. The van der Waals surface area contributed by atoms with Gasteiger partial charge in [0.2, 0.25) is 11.8 Å². The number of nitrogens with one attached hydrogen (secondary N) is 1. The molecule has 0 fully saturated rings. The number of carbonyl (C=O) groups is 2. The van der Waals surface area contributed by atoms with Crippen LogP contribution in [0.2, 0.25) is 5.02 Å². The number of hydrogen-bond donors (Lipinski definition) is 1. The Bertz CT molecular complexity index is 581. The predicted molar refractivity (Wildman–Crippen MR) is 85.8 cm³/mol. The lowest BCUT2D eigenvalue weighted by atomic mass is 10.3. The summed E-state index contributed by atoms with van der Waals surface area (Å²) in [4.78, 5) is 24.6. The standard InChI is InChI=1S/C14H18ClFN2O3S/c1-18(2)14(20)4-3-7-22(21)9-13(19)17-12-6-5-10(16)8-11(12)15/h5-6,8H,3-4,7,9H2,1-2H3,(H,17,19)/t22-/m0/s1. The molecule has 0 heterocycles. The Morgan fingerprint density at radius 1 is 1.36 bits per heavy atom. The lowest BCUT2D eigenvalue weighted by Gasteiger charge is -2.10. The number of nitrogens with zero attached hydrogens (tertiary/aromatic N) is 1. The summed E-state index contributed by atoms with van der Waals surface area (Å²) < 4.78 is 24.6. The van der Waals surface area contributed by atoms with Crippen molar-refractivity contribution in [2.24, 2.45) is 0 Å². The van der Waals surface area contributed by atoms with E-state index in [0.717, 1.165) is 6.07 Å². The van der Waals surface area contributed by atoms with Crippen molar-refractivity contribution in [2.75, 3.05) is 30.9 Å². The molecule has 2 amide bonds. The number of hydrogen-bond acceptors (Lipinski definition) is 3. The third kappa shape index (κ3) is 6.53. The molecule has 1 aromatic rings. The zero-order chi connectivity index (χ0) is 16.7. The van der Waals surface area contributed by atoms with Gasteiger partial charge in [-0.1, -0.05) is 11.6 Å². The topological polar surface area (TPSA) is 66.5 Å². The van der Waals surface area contributed by atoms with Crippen molar-refractivity contribution in [2.45, 2.75) is 12.8 Å². The van der Waals surface area contributed by atoms with Crippen molar-refractivity contribution in [1.82, 2.24) is 4.90 Å². The van der Waals surface area contributed by atoms with Crippen LogP contribution in [0.3, 0.4) is 0 Å². The number of amides is 2. The summed E-state index contributed by atoms with van der Waals surface area (Å²) in [6.45, 7) is 0. The number of anilines is 1. The summed E-state index contributed by atoms with van der Waals surface area (Å²) in [6.07, 6.45) is 0.748. The van der Waals surface area contributed by atoms with Gasteiger partial charge in [0.05, 0.1) is 10.7 Å². The van der Waals surface area contributed by atoms with Gasteiger partial charge >= 0.3 is 0 Å². The first-order chi connectivity index (χ1) is 10.3. The van der Waals surface area contributed by atoms with E-state index >= 15 is 0 Å². The molecule has 0 aliphatic rings. The number of carbonyl (C=O) groups excluding carboxylic acids is 2. The minimum absolute atomic E-state index is 0.0421. The van der Waals surface area contributed by atoms with E-state index in [-0.39, 0.29) is 28.1 Å². The zero-order valence-electron chi connectivity index (χ0n) is 12.4. The molecule has 0 saturated heterocycles. The van der Waals surface area contributed by atoms with Gasteiger partial charge in [-0.2, -0.15) is 0 Å². The summed E-state index contributed by atoms with van der Waals surface area (Å²) in [5.74, 6) is -0.934. The smallest absolute Gasteiger partial charge is 0.237 e. The van der Waals surface area contributed by atoms with Crippen LogP contribution in [0.25, 0.3) is 0 Å². The maximum Gasteiger partial charge on any atom is 0.237 e. The Morgan fingerprint density at radius 3 is 2.64 bits per heavy atom. The van der Waals surface area contributed by atoms with Crippen molar-refractivity contribution in [1.29, 1.82) is 0 Å². The maximum absolute atomic E-state index is 12.9. The molecule has 5 nitrogen and oxygen atoms in total. The normalized spacial score (nSPS) is 11.8. The maximum atomic E-state index is 12.9. The van der Waals surface area contributed by atoms with E-state index in [9.17, 15) is 18.2 Å². The number of rotatable bonds is 7. The van der Waals surface area contributed by atoms with Crippen molar-refractivity contribution < 1.29 is 18.2 Å². The van der Waals surface area contributed by atoms with Crippen molar-refractivity contribution in [3.05, 3.63) is 29.0 Å². The lowest BCUT2D eigenvalue weighted by Crippen LogP contribution is -2.23. The van der Waals surface area contributed by atoms with Gasteiger partial charge < -0.3 is 10.2 Å². The molecule has 1 aromatic carbocycles. The largest absolute Gasteiger partial charge is 0.349 e. The molecule has 22 heavy (non-hydrogen) atoms. The third-order valence-corrected chi connectivity index (χ3v) is 4.40. The minimum atomic E-state index is -1.36. The molecule has 1 N–H and O–H groups in total. The van der Waals surface area contributed by atoms with Crippen LogP contribution < -0.4 is 5.32 Å². The van der Waals surface area contributed by atoms with Crippen LogP contribution in [0.1, 0.15) is 12.8 Å². The second-order valence-electron chi connectivity index (χ2n) is 4.85. The molecule has 0 aliphatic carbocycles. The highest BCUT2D eigenvalue weighted by Gasteiger charge is 2.12. The van der Waals surface area contributed by atoms with Gasteiger partial charge in [0.15, 0.2) is 0 Å². The summed E-state index contributed by atoms with van der Waals surface area (Å²) >= 11 is 5.79. The van der Waals surface area contributed by atoms with E-state index in [1.165, 1.54) is 17.0 Å².